The Bertz CT molecular complexity index is 510. The first kappa shape index (κ1) is 12.7. The van der Waals surface area contributed by atoms with E-state index in [9.17, 15) is 0 Å². The van der Waals surface area contributed by atoms with Crippen molar-refractivity contribution in [3.63, 3.8) is 0 Å². The summed E-state index contributed by atoms with van der Waals surface area (Å²) in [5.74, 6) is 1.41. The highest BCUT2D eigenvalue weighted by molar-refractivity contribution is 5.89. The second-order valence-corrected chi connectivity index (χ2v) is 3.78. The third kappa shape index (κ3) is 2.91. The average Bonchev–Trinajstić information content (AvgIpc) is 2.42. The molecule has 0 heterocycles. The van der Waals surface area contributed by atoms with Gasteiger partial charge in [-0.25, -0.2) is 0 Å². The summed E-state index contributed by atoms with van der Waals surface area (Å²) in [7, 11) is 0. The lowest BCUT2D eigenvalue weighted by atomic mass is 10.1. The predicted octanol–water partition coefficient (Wildman–Crippen LogP) is 1.58. The van der Waals surface area contributed by atoms with Gasteiger partial charge in [-0.3, -0.25) is 0 Å². The van der Waals surface area contributed by atoms with Crippen molar-refractivity contribution in [2.45, 2.75) is 0 Å². The fourth-order valence-electron chi connectivity index (χ4n) is 1.76. The van der Waals surface area contributed by atoms with Crippen LogP contribution in [-0.2, 0) is 0 Å². The molecule has 0 radical (unpaired) electrons. The summed E-state index contributed by atoms with van der Waals surface area (Å²) in [5.41, 5.74) is 0. The molecular weight excluding hydrogens is 232 g/mol. The van der Waals surface area contributed by atoms with E-state index in [-0.39, 0.29) is 26.4 Å². The smallest absolute Gasteiger partial charge is 0.127 e. The Morgan fingerprint density at radius 2 is 1.67 bits per heavy atom. The lowest BCUT2D eigenvalue weighted by Crippen LogP contribution is -2.03. The molecule has 2 rings (SSSR count). The molecule has 0 fully saturated rings. The van der Waals surface area contributed by atoms with E-state index in [2.05, 4.69) is 0 Å². The Kier molecular flexibility index (Phi) is 4.39. The summed E-state index contributed by atoms with van der Waals surface area (Å²) < 4.78 is 10.8. The Balaban J connectivity index is 2.32. The van der Waals surface area contributed by atoms with E-state index in [1.54, 1.807) is 0 Å². The van der Waals surface area contributed by atoms with E-state index >= 15 is 0 Å². The van der Waals surface area contributed by atoms with Crippen molar-refractivity contribution >= 4 is 10.8 Å². The molecule has 96 valence electrons. The highest BCUT2D eigenvalue weighted by Crippen LogP contribution is 2.29. The van der Waals surface area contributed by atoms with Crippen LogP contribution in [0.4, 0.5) is 0 Å². The number of hydrogen-bond acceptors (Lipinski definition) is 4. The third-order valence-corrected chi connectivity index (χ3v) is 2.52. The van der Waals surface area contributed by atoms with Crippen molar-refractivity contribution in [2.75, 3.05) is 26.4 Å². The van der Waals surface area contributed by atoms with Crippen LogP contribution in [0.1, 0.15) is 0 Å². The van der Waals surface area contributed by atoms with Crippen LogP contribution in [0.2, 0.25) is 0 Å². The minimum atomic E-state index is -0.0168. The summed E-state index contributed by atoms with van der Waals surface area (Å²) in [5, 5.41) is 19.5. The standard InChI is InChI=1S/C14H16O4/c15-6-8-17-12-5-4-11-2-1-3-14(13(11)10-12)18-9-7-16/h1-5,10,15-16H,6-9H2. The molecular formula is C14H16O4. The zero-order chi connectivity index (χ0) is 12.8. The van der Waals surface area contributed by atoms with Crippen molar-refractivity contribution in [3.05, 3.63) is 36.4 Å². The molecule has 2 aromatic rings. The lowest BCUT2D eigenvalue weighted by Gasteiger charge is -2.10. The van der Waals surface area contributed by atoms with Crippen LogP contribution < -0.4 is 9.47 Å². The quantitative estimate of drug-likeness (QED) is 0.815. The summed E-state index contributed by atoms with van der Waals surface area (Å²) in [4.78, 5) is 0. The van der Waals surface area contributed by atoms with Crippen molar-refractivity contribution in [2.24, 2.45) is 0 Å². The van der Waals surface area contributed by atoms with Gasteiger partial charge >= 0.3 is 0 Å². The van der Waals surface area contributed by atoms with Gasteiger partial charge in [0.2, 0.25) is 0 Å². The van der Waals surface area contributed by atoms with Gasteiger partial charge in [-0.1, -0.05) is 18.2 Å². The minimum Gasteiger partial charge on any atom is -0.491 e. The lowest BCUT2D eigenvalue weighted by molar-refractivity contribution is 0.200. The van der Waals surface area contributed by atoms with Gasteiger partial charge in [-0.05, 0) is 23.6 Å². The largest absolute Gasteiger partial charge is 0.491 e. The predicted molar refractivity (Wildman–Crippen MR) is 69.1 cm³/mol. The van der Waals surface area contributed by atoms with E-state index in [4.69, 9.17) is 19.7 Å². The van der Waals surface area contributed by atoms with Gasteiger partial charge in [0, 0.05) is 5.39 Å². The number of fused-ring (bicyclic) bond motifs is 1. The number of aliphatic hydroxyl groups is 2. The molecule has 0 aliphatic rings. The van der Waals surface area contributed by atoms with Crippen LogP contribution in [0.25, 0.3) is 10.8 Å². The van der Waals surface area contributed by atoms with Crippen molar-refractivity contribution in [1.29, 1.82) is 0 Å². The minimum absolute atomic E-state index is 0.0132. The summed E-state index contributed by atoms with van der Waals surface area (Å²) >= 11 is 0. The van der Waals surface area contributed by atoms with Crippen LogP contribution >= 0.6 is 0 Å². The molecule has 0 atom stereocenters. The molecule has 0 spiro atoms. The van der Waals surface area contributed by atoms with Gasteiger partial charge in [-0.15, -0.1) is 0 Å². The number of aliphatic hydroxyl groups excluding tert-OH is 2. The molecule has 18 heavy (non-hydrogen) atoms. The normalized spacial score (nSPS) is 10.6. The van der Waals surface area contributed by atoms with Gasteiger partial charge in [-0.2, -0.15) is 0 Å². The number of rotatable bonds is 6. The highest BCUT2D eigenvalue weighted by Gasteiger charge is 2.03. The van der Waals surface area contributed by atoms with Crippen LogP contribution in [0, 0.1) is 0 Å². The van der Waals surface area contributed by atoms with Crippen molar-refractivity contribution in [1.82, 2.24) is 0 Å². The van der Waals surface area contributed by atoms with Crippen molar-refractivity contribution in [3.8, 4) is 11.5 Å². The summed E-state index contributed by atoms with van der Waals surface area (Å²) in [6, 6.07) is 11.4. The molecule has 0 amide bonds. The summed E-state index contributed by atoms with van der Waals surface area (Å²) in [6.45, 7) is 0.504. The Morgan fingerprint density at radius 3 is 2.44 bits per heavy atom. The molecule has 0 bridgehead atoms. The molecule has 0 aliphatic heterocycles. The second-order valence-electron chi connectivity index (χ2n) is 3.78. The molecule has 0 saturated heterocycles. The first-order valence-corrected chi connectivity index (χ1v) is 5.85. The molecule has 2 aromatic carbocycles. The maximum atomic E-state index is 8.79. The summed E-state index contributed by atoms with van der Waals surface area (Å²) in [6.07, 6.45) is 0. The number of hydrogen-bond donors (Lipinski definition) is 2. The van der Waals surface area contributed by atoms with E-state index < -0.39 is 0 Å². The topological polar surface area (TPSA) is 58.9 Å². The zero-order valence-corrected chi connectivity index (χ0v) is 10.0. The molecule has 4 heteroatoms. The van der Waals surface area contributed by atoms with Crippen LogP contribution in [-0.4, -0.2) is 36.6 Å². The van der Waals surface area contributed by atoms with Gasteiger partial charge in [0.25, 0.3) is 0 Å². The fourth-order valence-corrected chi connectivity index (χ4v) is 1.76. The van der Waals surface area contributed by atoms with Crippen LogP contribution in [0.15, 0.2) is 36.4 Å². The number of ether oxygens (including phenoxy) is 2. The van der Waals surface area contributed by atoms with Crippen LogP contribution in [0.3, 0.4) is 0 Å². The first-order valence-electron chi connectivity index (χ1n) is 5.85. The maximum Gasteiger partial charge on any atom is 0.127 e. The van der Waals surface area contributed by atoms with Crippen molar-refractivity contribution < 1.29 is 19.7 Å². The monoisotopic (exact) mass is 248 g/mol. The fraction of sp³-hybridized carbons (Fsp3) is 0.286. The molecule has 0 saturated carbocycles. The van der Waals surface area contributed by atoms with Gasteiger partial charge in [0.15, 0.2) is 0 Å². The molecule has 2 N–H and O–H groups in total. The molecule has 0 aliphatic carbocycles. The van der Waals surface area contributed by atoms with E-state index in [1.807, 2.05) is 36.4 Å². The highest BCUT2D eigenvalue weighted by atomic mass is 16.5. The number of benzene rings is 2. The van der Waals surface area contributed by atoms with E-state index in [1.165, 1.54) is 0 Å². The van der Waals surface area contributed by atoms with Gasteiger partial charge in [0.05, 0.1) is 13.2 Å². The van der Waals surface area contributed by atoms with Gasteiger partial charge < -0.3 is 19.7 Å². The second kappa shape index (κ2) is 6.23. The molecule has 0 unspecified atom stereocenters. The Labute approximate surface area is 105 Å². The Morgan fingerprint density at radius 1 is 0.889 bits per heavy atom. The SMILES string of the molecule is OCCOc1ccc2cccc(OCCO)c2c1. The van der Waals surface area contributed by atoms with E-state index in [0.717, 1.165) is 16.5 Å². The third-order valence-electron chi connectivity index (χ3n) is 2.52. The molecule has 0 aromatic heterocycles. The van der Waals surface area contributed by atoms with Crippen LogP contribution in [0.5, 0.6) is 11.5 Å². The maximum absolute atomic E-state index is 8.79. The Hall–Kier alpha value is -1.78. The zero-order valence-electron chi connectivity index (χ0n) is 10.0. The molecule has 4 nitrogen and oxygen atoms in total. The first-order chi connectivity index (χ1) is 8.85. The van der Waals surface area contributed by atoms with E-state index in [0.29, 0.717) is 5.75 Å². The van der Waals surface area contributed by atoms with Gasteiger partial charge in [0.1, 0.15) is 24.7 Å². The average molecular weight is 248 g/mol.